The van der Waals surface area contributed by atoms with E-state index in [1.165, 1.54) is 37.3 Å². The lowest BCUT2D eigenvalue weighted by Crippen LogP contribution is -2.42. The molecule has 2 heterocycles. The van der Waals surface area contributed by atoms with Crippen LogP contribution in [0.1, 0.15) is 54.0 Å². The van der Waals surface area contributed by atoms with Crippen LogP contribution in [-0.2, 0) is 26.6 Å². The van der Waals surface area contributed by atoms with E-state index < -0.39 is 65.5 Å². The molecule has 6 atom stereocenters. The number of aliphatic hydroxyl groups is 1. The Balaban J connectivity index is 1.48. The second-order valence-electron chi connectivity index (χ2n) is 10.5. The van der Waals surface area contributed by atoms with E-state index in [2.05, 4.69) is 0 Å². The maximum Gasteiger partial charge on any atom is 0.416 e. The number of carbonyl (C=O) groups excluding carboxylic acids is 1. The van der Waals surface area contributed by atoms with Gasteiger partial charge in [-0.3, -0.25) is 0 Å². The molecule has 1 saturated heterocycles. The number of alkyl halides is 6. The molecule has 0 radical (unpaired) electrons. The van der Waals surface area contributed by atoms with Crippen molar-refractivity contribution in [1.82, 2.24) is 4.90 Å². The molecule has 2 aromatic rings. The van der Waals surface area contributed by atoms with Gasteiger partial charge < -0.3 is 19.5 Å². The zero-order valence-corrected chi connectivity index (χ0v) is 21.2. The molecule has 0 spiro atoms. The summed E-state index contributed by atoms with van der Waals surface area (Å²) in [7, 11) is 0. The van der Waals surface area contributed by atoms with Crippen LogP contribution in [0.15, 0.2) is 54.2 Å². The second kappa shape index (κ2) is 10.4. The highest BCUT2D eigenvalue weighted by Gasteiger charge is 2.52. The molecule has 5 nitrogen and oxygen atoms in total. The SMILES string of the molecule is C[C@@H](O[C@H]1CC[C@@H]2CN(C3=CC(=O)OC3)C(O)[C@H]2[C@@H]1c1ccc(F)cc1)c1cc(C(F)(F)F)cc(C(F)(F)F)c1. The summed E-state index contributed by atoms with van der Waals surface area (Å²) < 4.78 is 106. The summed E-state index contributed by atoms with van der Waals surface area (Å²) in [5.41, 5.74) is -2.03. The maximum atomic E-state index is 13.8. The van der Waals surface area contributed by atoms with Crippen LogP contribution in [-0.4, -0.2) is 41.5 Å². The molecule has 3 aliphatic rings. The monoisotopic (exact) mass is 573 g/mol. The zero-order chi connectivity index (χ0) is 29.0. The predicted octanol–water partition coefficient (Wildman–Crippen LogP) is 6.19. The van der Waals surface area contributed by atoms with Gasteiger partial charge in [-0.05, 0) is 67.1 Å². The van der Waals surface area contributed by atoms with Crippen molar-refractivity contribution >= 4 is 5.97 Å². The number of carbonyl (C=O) groups is 1. The molecule has 5 rings (SSSR count). The summed E-state index contributed by atoms with van der Waals surface area (Å²) in [6, 6.07) is 6.92. The quantitative estimate of drug-likeness (QED) is 0.341. The van der Waals surface area contributed by atoms with Gasteiger partial charge in [-0.1, -0.05) is 12.1 Å². The normalized spacial score (nSPS) is 27.8. The minimum Gasteiger partial charge on any atom is -0.456 e. The Bertz CT molecular complexity index is 1260. The molecule has 2 aromatic carbocycles. The number of cyclic esters (lactones) is 1. The van der Waals surface area contributed by atoms with Gasteiger partial charge in [0, 0.05) is 24.5 Å². The molecule has 1 saturated carbocycles. The van der Waals surface area contributed by atoms with Gasteiger partial charge in [0.25, 0.3) is 0 Å². The van der Waals surface area contributed by atoms with Gasteiger partial charge in [0.2, 0.25) is 0 Å². The van der Waals surface area contributed by atoms with E-state index in [-0.39, 0.29) is 24.2 Å². The van der Waals surface area contributed by atoms with Gasteiger partial charge in [0.05, 0.1) is 29.0 Å². The van der Waals surface area contributed by atoms with Gasteiger partial charge in [-0.15, -0.1) is 0 Å². The van der Waals surface area contributed by atoms with E-state index in [0.29, 0.717) is 42.8 Å². The average molecular weight is 574 g/mol. The standard InChI is InChI=1S/C28H26F7NO4/c1-14(17-8-18(27(30,31)32)10-19(9-17)28(33,34)35)40-22-7-4-16-12-36(21-11-23(37)39-13-21)26(38)25(16)24(22)15-2-5-20(29)6-3-15/h2-3,5-6,8-11,14,16,22,24-26,38H,4,7,12-13H2,1H3/t14-,16-,22+,24-,25-,26?/m1/s1. The van der Waals surface area contributed by atoms with Crippen molar-refractivity contribution in [2.24, 2.45) is 11.8 Å². The van der Waals surface area contributed by atoms with Crippen LogP contribution in [0.5, 0.6) is 0 Å². The number of aliphatic hydroxyl groups excluding tert-OH is 1. The van der Waals surface area contributed by atoms with Crippen molar-refractivity contribution in [2.75, 3.05) is 13.2 Å². The maximum absolute atomic E-state index is 13.8. The summed E-state index contributed by atoms with van der Waals surface area (Å²) in [6.45, 7) is 1.80. The number of esters is 1. The molecule has 1 N–H and O–H groups in total. The minimum atomic E-state index is -5.00. The first-order valence-corrected chi connectivity index (χ1v) is 12.7. The number of hydrogen-bond donors (Lipinski definition) is 1. The second-order valence-corrected chi connectivity index (χ2v) is 10.5. The van der Waals surface area contributed by atoms with Crippen molar-refractivity contribution < 1.29 is 50.1 Å². The summed E-state index contributed by atoms with van der Waals surface area (Å²) in [6.07, 6.45) is -10.7. The summed E-state index contributed by atoms with van der Waals surface area (Å²) in [4.78, 5) is 13.3. The smallest absolute Gasteiger partial charge is 0.416 e. The van der Waals surface area contributed by atoms with Gasteiger partial charge in [0.1, 0.15) is 18.7 Å². The third-order valence-electron chi connectivity index (χ3n) is 8.01. The molecule has 0 aromatic heterocycles. The van der Waals surface area contributed by atoms with Crippen molar-refractivity contribution in [3.8, 4) is 0 Å². The first-order chi connectivity index (χ1) is 18.7. The van der Waals surface area contributed by atoms with Crippen LogP contribution in [0.3, 0.4) is 0 Å². The summed E-state index contributed by atoms with van der Waals surface area (Å²) >= 11 is 0. The van der Waals surface area contributed by atoms with E-state index in [9.17, 15) is 40.6 Å². The first kappa shape index (κ1) is 28.4. The lowest BCUT2D eigenvalue weighted by atomic mass is 9.68. The van der Waals surface area contributed by atoms with Gasteiger partial charge in [-0.25, -0.2) is 9.18 Å². The Morgan fingerprint density at radius 3 is 2.17 bits per heavy atom. The molecule has 40 heavy (non-hydrogen) atoms. The third kappa shape index (κ3) is 5.56. The molecule has 1 unspecified atom stereocenters. The lowest BCUT2D eigenvalue weighted by molar-refractivity contribution is -0.143. The van der Waals surface area contributed by atoms with Gasteiger partial charge in [-0.2, -0.15) is 26.3 Å². The number of ether oxygens (including phenoxy) is 2. The fraction of sp³-hybridized carbons (Fsp3) is 0.464. The topological polar surface area (TPSA) is 59.0 Å². The highest BCUT2D eigenvalue weighted by molar-refractivity contribution is 5.85. The highest BCUT2D eigenvalue weighted by Crippen LogP contribution is 2.51. The molecule has 2 aliphatic heterocycles. The number of fused-ring (bicyclic) bond motifs is 1. The first-order valence-electron chi connectivity index (χ1n) is 12.7. The molecular weight excluding hydrogens is 547 g/mol. The Kier molecular flexibility index (Phi) is 7.37. The molecule has 12 heteroatoms. The third-order valence-corrected chi connectivity index (χ3v) is 8.01. The van der Waals surface area contributed by atoms with Crippen molar-refractivity contribution in [3.63, 3.8) is 0 Å². The number of rotatable bonds is 5. The van der Waals surface area contributed by atoms with Crippen LogP contribution in [0, 0.1) is 17.7 Å². The van der Waals surface area contributed by atoms with E-state index in [0.717, 1.165) is 0 Å². The summed E-state index contributed by atoms with van der Waals surface area (Å²) in [5.74, 6) is -2.12. The highest BCUT2D eigenvalue weighted by atomic mass is 19.4. The van der Waals surface area contributed by atoms with Crippen LogP contribution >= 0.6 is 0 Å². The van der Waals surface area contributed by atoms with Crippen molar-refractivity contribution in [2.45, 2.75) is 56.5 Å². The number of halogens is 7. The molecule has 2 fully saturated rings. The zero-order valence-electron chi connectivity index (χ0n) is 21.2. The van der Waals surface area contributed by atoms with Crippen molar-refractivity contribution in [1.29, 1.82) is 0 Å². The number of likely N-dealkylation sites (tertiary alicyclic amines) is 1. The largest absolute Gasteiger partial charge is 0.456 e. The Hall–Kier alpha value is -3.12. The minimum absolute atomic E-state index is 0.00456. The van der Waals surface area contributed by atoms with E-state index in [1.807, 2.05) is 0 Å². The Morgan fingerprint density at radius 1 is 1.00 bits per heavy atom. The van der Waals surface area contributed by atoms with E-state index in [4.69, 9.17) is 9.47 Å². The van der Waals surface area contributed by atoms with Crippen molar-refractivity contribution in [3.05, 3.63) is 82.3 Å². The Labute approximate surface area is 225 Å². The molecular formula is C28H26F7NO4. The molecule has 0 amide bonds. The molecule has 1 aliphatic carbocycles. The van der Waals surface area contributed by atoms with Gasteiger partial charge in [0.15, 0.2) is 0 Å². The lowest BCUT2D eigenvalue weighted by Gasteiger charge is -2.42. The van der Waals surface area contributed by atoms with Crippen LogP contribution in [0.4, 0.5) is 30.7 Å². The predicted molar refractivity (Wildman–Crippen MR) is 127 cm³/mol. The fourth-order valence-electron chi connectivity index (χ4n) is 6.15. The fourth-order valence-corrected chi connectivity index (χ4v) is 6.15. The van der Waals surface area contributed by atoms with Crippen LogP contribution in [0.25, 0.3) is 0 Å². The number of hydrogen-bond acceptors (Lipinski definition) is 5. The van der Waals surface area contributed by atoms with E-state index >= 15 is 0 Å². The van der Waals surface area contributed by atoms with Gasteiger partial charge >= 0.3 is 18.3 Å². The number of benzene rings is 2. The van der Waals surface area contributed by atoms with Crippen LogP contribution < -0.4 is 0 Å². The Morgan fingerprint density at radius 2 is 1.62 bits per heavy atom. The summed E-state index contributed by atoms with van der Waals surface area (Å²) in [5, 5.41) is 11.4. The van der Waals surface area contributed by atoms with Crippen LogP contribution in [0.2, 0.25) is 0 Å². The van der Waals surface area contributed by atoms with E-state index in [1.54, 1.807) is 4.90 Å². The number of nitrogens with zero attached hydrogens (tertiary/aromatic N) is 1. The molecule has 216 valence electrons. The average Bonchev–Trinajstić information content (AvgIpc) is 3.46. The molecule has 0 bridgehead atoms.